The molecule has 7 nitrogen and oxygen atoms in total. The lowest BCUT2D eigenvalue weighted by atomic mass is 9.95. The zero-order valence-electron chi connectivity index (χ0n) is 12.7. The van der Waals surface area contributed by atoms with E-state index >= 15 is 0 Å². The first-order valence-electron chi connectivity index (χ1n) is 7.08. The number of nitro groups is 1. The van der Waals surface area contributed by atoms with Gasteiger partial charge in [0.15, 0.2) is 0 Å². The van der Waals surface area contributed by atoms with Crippen LogP contribution in [0.2, 0.25) is 0 Å². The van der Waals surface area contributed by atoms with Crippen LogP contribution in [0.1, 0.15) is 18.4 Å². The molecule has 1 amide bonds. The van der Waals surface area contributed by atoms with Crippen LogP contribution in [0.15, 0.2) is 18.2 Å². The molecule has 1 aromatic rings. The van der Waals surface area contributed by atoms with Crippen LogP contribution in [0.4, 0.5) is 11.4 Å². The monoisotopic (exact) mass is 302 g/mol. The van der Waals surface area contributed by atoms with E-state index < -0.39 is 4.92 Å². The highest BCUT2D eigenvalue weighted by Crippen LogP contribution is 2.29. The predicted molar refractivity (Wildman–Crippen MR) is 81.4 cm³/mol. The lowest BCUT2D eigenvalue weighted by Gasteiger charge is -2.35. The molecule has 116 valence electrons. The Bertz CT molecular complexity index is 636. The molecule has 0 aliphatic carbocycles. The lowest BCUT2D eigenvalue weighted by Crippen LogP contribution is -2.43. The minimum absolute atomic E-state index is 0.0742. The number of rotatable bonds is 3. The number of benzene rings is 1. The third-order valence-corrected chi connectivity index (χ3v) is 3.86. The van der Waals surface area contributed by atoms with Gasteiger partial charge in [0.25, 0.3) is 5.69 Å². The number of anilines is 1. The molecule has 22 heavy (non-hydrogen) atoms. The quantitative estimate of drug-likeness (QED) is 0.627. The Morgan fingerprint density at radius 3 is 2.82 bits per heavy atom. The van der Waals surface area contributed by atoms with E-state index in [2.05, 4.69) is 0 Å². The summed E-state index contributed by atoms with van der Waals surface area (Å²) in [6.45, 7) is 1.27. The van der Waals surface area contributed by atoms with Crippen molar-refractivity contribution in [3.63, 3.8) is 0 Å². The number of hydrogen-bond acceptors (Lipinski definition) is 5. The van der Waals surface area contributed by atoms with Gasteiger partial charge in [0.1, 0.15) is 6.07 Å². The third-order valence-electron chi connectivity index (χ3n) is 3.86. The van der Waals surface area contributed by atoms with Gasteiger partial charge in [-0.05, 0) is 18.9 Å². The van der Waals surface area contributed by atoms with Crippen molar-refractivity contribution in [3.8, 4) is 6.07 Å². The number of nitrogens with zero attached hydrogens (tertiary/aromatic N) is 4. The molecule has 1 heterocycles. The van der Waals surface area contributed by atoms with E-state index in [9.17, 15) is 20.2 Å². The second kappa shape index (κ2) is 6.43. The number of nitriles is 1. The largest absolute Gasteiger partial charge is 0.370 e. The van der Waals surface area contributed by atoms with Crippen molar-refractivity contribution in [1.29, 1.82) is 5.26 Å². The molecule has 7 heteroatoms. The van der Waals surface area contributed by atoms with Crippen LogP contribution >= 0.6 is 0 Å². The SMILES string of the molecule is CN(C)C(=O)C1CCCN(c2ccc([N+](=O)[O-])cc2C#N)C1. The van der Waals surface area contributed by atoms with E-state index in [0.717, 1.165) is 19.4 Å². The fourth-order valence-corrected chi connectivity index (χ4v) is 2.77. The summed E-state index contributed by atoms with van der Waals surface area (Å²) in [6, 6.07) is 6.29. The summed E-state index contributed by atoms with van der Waals surface area (Å²) in [5.74, 6) is -0.0318. The molecule has 0 aromatic heterocycles. The van der Waals surface area contributed by atoms with Crippen LogP contribution in [-0.4, -0.2) is 42.9 Å². The van der Waals surface area contributed by atoms with Crippen molar-refractivity contribution in [1.82, 2.24) is 4.90 Å². The Labute approximate surface area is 128 Å². The Morgan fingerprint density at radius 1 is 1.50 bits per heavy atom. The molecule has 1 atom stereocenters. The van der Waals surface area contributed by atoms with Crippen LogP contribution < -0.4 is 4.90 Å². The molecule has 1 fully saturated rings. The smallest absolute Gasteiger partial charge is 0.270 e. The van der Waals surface area contributed by atoms with Crippen LogP contribution in [-0.2, 0) is 4.79 Å². The van der Waals surface area contributed by atoms with Crippen molar-refractivity contribution in [2.24, 2.45) is 5.92 Å². The van der Waals surface area contributed by atoms with Gasteiger partial charge < -0.3 is 9.80 Å². The van der Waals surface area contributed by atoms with Crippen LogP contribution in [0.25, 0.3) is 0 Å². The molecule has 0 spiro atoms. The number of piperidine rings is 1. The summed E-state index contributed by atoms with van der Waals surface area (Å²) >= 11 is 0. The minimum Gasteiger partial charge on any atom is -0.370 e. The summed E-state index contributed by atoms with van der Waals surface area (Å²) in [5.41, 5.74) is 0.828. The number of amides is 1. The second-order valence-corrected chi connectivity index (χ2v) is 5.59. The zero-order chi connectivity index (χ0) is 16.3. The molecule has 0 saturated carbocycles. The maximum Gasteiger partial charge on any atom is 0.270 e. The number of carbonyl (C=O) groups excluding carboxylic acids is 1. The van der Waals surface area contributed by atoms with E-state index in [0.29, 0.717) is 12.2 Å². The van der Waals surface area contributed by atoms with E-state index in [-0.39, 0.29) is 23.1 Å². The van der Waals surface area contributed by atoms with Crippen molar-refractivity contribution < 1.29 is 9.72 Å². The fraction of sp³-hybridized carbons (Fsp3) is 0.467. The average molecular weight is 302 g/mol. The molecule has 1 unspecified atom stereocenters. The van der Waals surface area contributed by atoms with Crippen LogP contribution in [0, 0.1) is 27.4 Å². The highest BCUT2D eigenvalue weighted by Gasteiger charge is 2.28. The Balaban J connectivity index is 2.26. The van der Waals surface area contributed by atoms with Gasteiger partial charge in [0, 0.05) is 39.3 Å². The molecule has 0 N–H and O–H groups in total. The Kier molecular flexibility index (Phi) is 4.61. The maximum atomic E-state index is 12.1. The van der Waals surface area contributed by atoms with Gasteiger partial charge in [-0.2, -0.15) is 5.26 Å². The molecule has 0 bridgehead atoms. The van der Waals surface area contributed by atoms with Crippen LogP contribution in [0.3, 0.4) is 0 Å². The maximum absolute atomic E-state index is 12.1. The summed E-state index contributed by atoms with van der Waals surface area (Å²) < 4.78 is 0. The molecule has 1 aromatic carbocycles. The first kappa shape index (κ1) is 15.8. The Morgan fingerprint density at radius 2 is 2.23 bits per heavy atom. The van der Waals surface area contributed by atoms with Gasteiger partial charge in [0.05, 0.1) is 22.1 Å². The minimum atomic E-state index is -0.515. The van der Waals surface area contributed by atoms with Gasteiger partial charge in [-0.3, -0.25) is 14.9 Å². The number of hydrogen-bond donors (Lipinski definition) is 0. The fourth-order valence-electron chi connectivity index (χ4n) is 2.77. The average Bonchev–Trinajstić information content (AvgIpc) is 2.53. The normalized spacial score (nSPS) is 17.7. The molecule has 1 aliphatic rings. The third kappa shape index (κ3) is 3.17. The lowest BCUT2D eigenvalue weighted by molar-refractivity contribution is -0.384. The van der Waals surface area contributed by atoms with Gasteiger partial charge in [0.2, 0.25) is 5.91 Å². The summed E-state index contributed by atoms with van der Waals surface area (Å²) in [4.78, 5) is 26.0. The predicted octanol–water partition coefficient (Wildman–Crippen LogP) is 1.77. The summed E-state index contributed by atoms with van der Waals surface area (Å²) in [7, 11) is 3.46. The molecule has 1 saturated heterocycles. The second-order valence-electron chi connectivity index (χ2n) is 5.59. The van der Waals surface area contributed by atoms with Crippen LogP contribution in [0.5, 0.6) is 0 Å². The topological polar surface area (TPSA) is 90.5 Å². The van der Waals surface area contributed by atoms with E-state index in [1.54, 1.807) is 25.1 Å². The van der Waals surface area contributed by atoms with Gasteiger partial charge >= 0.3 is 0 Å². The Hall–Kier alpha value is -2.62. The van der Waals surface area contributed by atoms with Gasteiger partial charge in [-0.15, -0.1) is 0 Å². The summed E-state index contributed by atoms with van der Waals surface area (Å²) in [6.07, 6.45) is 1.68. The van der Waals surface area contributed by atoms with Crippen molar-refractivity contribution in [3.05, 3.63) is 33.9 Å². The standard InChI is InChI=1S/C15H18N4O3/c1-17(2)15(20)11-4-3-7-18(10-11)14-6-5-13(19(21)22)8-12(14)9-16/h5-6,8,11H,3-4,7,10H2,1-2H3. The van der Waals surface area contributed by atoms with Gasteiger partial charge in [-0.1, -0.05) is 0 Å². The number of carbonyl (C=O) groups is 1. The first-order valence-corrected chi connectivity index (χ1v) is 7.08. The van der Waals surface area contributed by atoms with E-state index in [1.807, 2.05) is 11.0 Å². The van der Waals surface area contributed by atoms with E-state index in [4.69, 9.17) is 0 Å². The molecule has 1 aliphatic heterocycles. The molecule has 0 radical (unpaired) electrons. The zero-order valence-corrected chi connectivity index (χ0v) is 12.7. The number of non-ortho nitro benzene ring substituents is 1. The highest BCUT2D eigenvalue weighted by atomic mass is 16.6. The first-order chi connectivity index (χ1) is 10.4. The van der Waals surface area contributed by atoms with Crippen molar-refractivity contribution >= 4 is 17.3 Å². The molecular formula is C15H18N4O3. The number of nitro benzene ring substituents is 1. The van der Waals surface area contributed by atoms with E-state index in [1.165, 1.54) is 12.1 Å². The molecule has 2 rings (SSSR count). The summed E-state index contributed by atoms with van der Waals surface area (Å²) in [5, 5.41) is 20.0. The highest BCUT2D eigenvalue weighted by molar-refractivity contribution is 5.79. The molecular weight excluding hydrogens is 284 g/mol. The van der Waals surface area contributed by atoms with Gasteiger partial charge in [-0.25, -0.2) is 0 Å². The van der Waals surface area contributed by atoms with Crippen molar-refractivity contribution in [2.75, 3.05) is 32.1 Å². The van der Waals surface area contributed by atoms with Crippen molar-refractivity contribution in [2.45, 2.75) is 12.8 Å².